The number of benzene rings is 2. The maximum absolute atomic E-state index is 13.6. The summed E-state index contributed by atoms with van der Waals surface area (Å²) in [5.74, 6) is 0.574. The molecule has 0 aromatic heterocycles. The molecule has 1 aliphatic heterocycles. The van der Waals surface area contributed by atoms with Gasteiger partial charge in [-0.3, -0.25) is 4.79 Å². The first-order valence-electron chi connectivity index (χ1n) is 9.14. The Morgan fingerprint density at radius 3 is 2.73 bits per heavy atom. The highest BCUT2D eigenvalue weighted by Crippen LogP contribution is 2.31. The lowest BCUT2D eigenvalue weighted by atomic mass is 9.94. The molecule has 2 N–H and O–H groups in total. The van der Waals surface area contributed by atoms with Crippen LogP contribution >= 0.6 is 0 Å². The van der Waals surface area contributed by atoms with Gasteiger partial charge in [0, 0.05) is 13.1 Å². The first-order chi connectivity index (χ1) is 12.7. The molecule has 0 spiro atoms. The number of nitrogens with two attached hydrogens (primary N) is 1. The Hall–Kier alpha value is -2.40. The van der Waals surface area contributed by atoms with Gasteiger partial charge in [0.2, 0.25) is 5.91 Å². The van der Waals surface area contributed by atoms with E-state index in [4.69, 9.17) is 10.5 Å². The molecule has 1 aliphatic rings. The van der Waals surface area contributed by atoms with Crippen LogP contribution in [0.1, 0.15) is 36.4 Å². The highest BCUT2D eigenvalue weighted by molar-refractivity contribution is 5.79. The molecule has 1 atom stereocenters. The van der Waals surface area contributed by atoms with Gasteiger partial charge in [-0.15, -0.1) is 0 Å². The minimum atomic E-state index is -0.256. The minimum Gasteiger partial charge on any atom is -0.492 e. The summed E-state index contributed by atoms with van der Waals surface area (Å²) in [7, 11) is 0. The molecule has 0 unspecified atom stereocenters. The smallest absolute Gasteiger partial charge is 0.227 e. The van der Waals surface area contributed by atoms with Gasteiger partial charge in [0.05, 0.1) is 12.5 Å². The van der Waals surface area contributed by atoms with E-state index in [-0.39, 0.29) is 17.8 Å². The van der Waals surface area contributed by atoms with E-state index in [2.05, 4.69) is 0 Å². The van der Waals surface area contributed by atoms with Crippen molar-refractivity contribution in [2.75, 3.05) is 19.7 Å². The summed E-state index contributed by atoms with van der Waals surface area (Å²) in [5, 5.41) is 0. The van der Waals surface area contributed by atoms with E-state index >= 15 is 0 Å². The number of hydrogen-bond donors (Lipinski definition) is 1. The Balaban J connectivity index is 1.68. The summed E-state index contributed by atoms with van der Waals surface area (Å²) in [5.41, 5.74) is 7.25. The van der Waals surface area contributed by atoms with Crippen molar-refractivity contribution in [3.8, 4) is 5.75 Å². The molecule has 0 bridgehead atoms. The number of hydrogen-bond acceptors (Lipinski definition) is 3. The molecule has 138 valence electrons. The van der Waals surface area contributed by atoms with Gasteiger partial charge in [-0.1, -0.05) is 24.3 Å². The third kappa shape index (κ3) is 4.61. The van der Waals surface area contributed by atoms with Gasteiger partial charge in [0.1, 0.15) is 18.2 Å². The molecule has 26 heavy (non-hydrogen) atoms. The number of ether oxygens (including phenoxy) is 1. The van der Waals surface area contributed by atoms with Crippen molar-refractivity contribution in [1.29, 1.82) is 0 Å². The number of likely N-dealkylation sites (tertiary alicyclic amines) is 1. The molecule has 1 heterocycles. The fourth-order valence-electron chi connectivity index (χ4n) is 3.45. The number of halogens is 1. The van der Waals surface area contributed by atoms with Crippen LogP contribution in [0.5, 0.6) is 5.75 Å². The Morgan fingerprint density at radius 1 is 1.19 bits per heavy atom. The van der Waals surface area contributed by atoms with E-state index in [1.54, 1.807) is 12.1 Å². The minimum absolute atomic E-state index is 0.0425. The number of rotatable bonds is 6. The molecular weight excluding hydrogens is 331 g/mol. The Kier molecular flexibility index (Phi) is 6.23. The maximum atomic E-state index is 13.6. The second-order valence-electron chi connectivity index (χ2n) is 6.61. The lowest BCUT2D eigenvalue weighted by Gasteiger charge is -2.36. The highest BCUT2D eigenvalue weighted by Gasteiger charge is 2.28. The molecule has 0 aliphatic carbocycles. The fourth-order valence-corrected chi connectivity index (χ4v) is 3.45. The zero-order valence-electron chi connectivity index (χ0n) is 14.9. The van der Waals surface area contributed by atoms with Gasteiger partial charge in [0.25, 0.3) is 0 Å². The molecule has 1 amide bonds. The lowest BCUT2D eigenvalue weighted by Crippen LogP contribution is -2.39. The molecule has 5 heteroatoms. The van der Waals surface area contributed by atoms with Gasteiger partial charge < -0.3 is 15.4 Å². The van der Waals surface area contributed by atoms with Crippen molar-refractivity contribution in [2.24, 2.45) is 5.73 Å². The molecule has 2 aromatic carbocycles. The number of carbonyl (C=O) groups is 1. The fraction of sp³-hybridized carbons (Fsp3) is 0.381. The topological polar surface area (TPSA) is 55.6 Å². The van der Waals surface area contributed by atoms with Crippen molar-refractivity contribution in [3.05, 3.63) is 65.5 Å². The van der Waals surface area contributed by atoms with Gasteiger partial charge in [-0.2, -0.15) is 0 Å². The zero-order valence-corrected chi connectivity index (χ0v) is 14.9. The average molecular weight is 356 g/mol. The van der Waals surface area contributed by atoms with Crippen LogP contribution in [0.2, 0.25) is 0 Å². The van der Waals surface area contributed by atoms with E-state index in [1.807, 2.05) is 35.2 Å². The van der Waals surface area contributed by atoms with Crippen molar-refractivity contribution in [3.63, 3.8) is 0 Å². The van der Waals surface area contributed by atoms with E-state index < -0.39 is 0 Å². The van der Waals surface area contributed by atoms with Crippen LogP contribution in [0.4, 0.5) is 4.39 Å². The van der Waals surface area contributed by atoms with Crippen LogP contribution in [0.3, 0.4) is 0 Å². The highest BCUT2D eigenvalue weighted by atomic mass is 19.1. The second-order valence-corrected chi connectivity index (χ2v) is 6.61. The molecule has 2 aromatic rings. The van der Waals surface area contributed by atoms with Gasteiger partial charge in [-0.25, -0.2) is 4.39 Å². The van der Waals surface area contributed by atoms with Crippen LogP contribution in [-0.2, 0) is 11.2 Å². The predicted molar refractivity (Wildman–Crippen MR) is 99.4 cm³/mol. The zero-order chi connectivity index (χ0) is 18.4. The summed E-state index contributed by atoms with van der Waals surface area (Å²) in [6.45, 7) is 1.66. The monoisotopic (exact) mass is 356 g/mol. The second kappa shape index (κ2) is 8.81. The number of carbonyl (C=O) groups excluding carboxylic acids is 1. The number of piperidine rings is 1. The summed E-state index contributed by atoms with van der Waals surface area (Å²) < 4.78 is 19.1. The standard InChI is InChI=1S/C21H25FN2O2/c22-18-5-3-4-17(15-18)20-6-1-2-12-24(20)21(25)14-16-7-9-19(10-8-16)26-13-11-23/h3-5,7-10,15,20H,1-2,6,11-14,23H2/t20-/m0/s1. The Labute approximate surface area is 153 Å². The van der Waals surface area contributed by atoms with Crippen LogP contribution in [0, 0.1) is 5.82 Å². The summed E-state index contributed by atoms with van der Waals surface area (Å²) in [4.78, 5) is 14.8. The van der Waals surface area contributed by atoms with Crippen molar-refractivity contribution >= 4 is 5.91 Å². The average Bonchev–Trinajstić information content (AvgIpc) is 2.67. The van der Waals surface area contributed by atoms with Gasteiger partial charge in [0.15, 0.2) is 0 Å². The van der Waals surface area contributed by atoms with E-state index in [1.165, 1.54) is 6.07 Å². The Bertz CT molecular complexity index is 733. The van der Waals surface area contributed by atoms with Gasteiger partial charge >= 0.3 is 0 Å². The summed E-state index contributed by atoms with van der Waals surface area (Å²) >= 11 is 0. The molecule has 3 rings (SSSR count). The SMILES string of the molecule is NCCOc1ccc(CC(=O)N2CCCC[C@H]2c2cccc(F)c2)cc1. The Morgan fingerprint density at radius 2 is 2.00 bits per heavy atom. The maximum Gasteiger partial charge on any atom is 0.227 e. The van der Waals surface area contributed by atoms with Crippen LogP contribution < -0.4 is 10.5 Å². The molecule has 0 radical (unpaired) electrons. The molecule has 1 saturated heterocycles. The lowest BCUT2D eigenvalue weighted by molar-refractivity contribution is -0.134. The molecule has 1 fully saturated rings. The van der Waals surface area contributed by atoms with E-state index in [0.29, 0.717) is 19.6 Å². The van der Waals surface area contributed by atoms with Crippen LogP contribution in [0.15, 0.2) is 48.5 Å². The quantitative estimate of drug-likeness (QED) is 0.862. The normalized spacial score (nSPS) is 17.2. The molecular formula is C21H25FN2O2. The van der Waals surface area contributed by atoms with Crippen molar-refractivity contribution in [1.82, 2.24) is 4.90 Å². The number of amides is 1. The molecule has 4 nitrogen and oxygen atoms in total. The first-order valence-corrected chi connectivity index (χ1v) is 9.14. The van der Waals surface area contributed by atoms with Crippen LogP contribution in [-0.4, -0.2) is 30.5 Å². The summed E-state index contributed by atoms with van der Waals surface area (Å²) in [6.07, 6.45) is 3.26. The summed E-state index contributed by atoms with van der Waals surface area (Å²) in [6, 6.07) is 14.1. The van der Waals surface area contributed by atoms with Crippen molar-refractivity contribution < 1.29 is 13.9 Å². The predicted octanol–water partition coefficient (Wildman–Crippen LogP) is 3.46. The largest absolute Gasteiger partial charge is 0.492 e. The van der Waals surface area contributed by atoms with E-state index in [0.717, 1.165) is 42.7 Å². The third-order valence-electron chi connectivity index (χ3n) is 4.72. The van der Waals surface area contributed by atoms with Crippen LogP contribution in [0.25, 0.3) is 0 Å². The first kappa shape index (κ1) is 18.4. The molecule has 0 saturated carbocycles. The number of nitrogens with zero attached hydrogens (tertiary/aromatic N) is 1. The third-order valence-corrected chi connectivity index (χ3v) is 4.72. The van der Waals surface area contributed by atoms with Crippen molar-refractivity contribution in [2.45, 2.75) is 31.7 Å². The van der Waals surface area contributed by atoms with E-state index in [9.17, 15) is 9.18 Å². The van der Waals surface area contributed by atoms with Gasteiger partial charge in [-0.05, 0) is 54.7 Å².